The van der Waals surface area contributed by atoms with E-state index in [0.717, 1.165) is 84.2 Å². The zero-order chi connectivity index (χ0) is 30.1. The van der Waals surface area contributed by atoms with Crippen molar-refractivity contribution in [1.82, 2.24) is 4.90 Å². The zero-order valence-electron chi connectivity index (χ0n) is 26.6. The Hall–Kier alpha value is -1.73. The molecular weight excluding hydrogens is 530 g/mol. The van der Waals surface area contributed by atoms with Crippen LogP contribution in [-0.4, -0.2) is 67.2 Å². The minimum Gasteiger partial charge on any atom is -0.481 e. The van der Waals surface area contributed by atoms with E-state index < -0.39 is 5.97 Å². The number of ether oxygens (including phenoxy) is 2. The molecule has 1 saturated heterocycles. The number of carbonyl (C=O) groups is 3. The summed E-state index contributed by atoms with van der Waals surface area (Å²) in [4.78, 5) is 42.1. The van der Waals surface area contributed by atoms with Crippen LogP contribution in [0.5, 0.6) is 0 Å². The molecule has 42 heavy (non-hydrogen) atoms. The lowest BCUT2D eigenvalue weighted by atomic mass is 9.36. The van der Waals surface area contributed by atoms with Crippen molar-refractivity contribution in [2.24, 2.45) is 57.2 Å². The summed E-state index contributed by atoms with van der Waals surface area (Å²) in [6.45, 7) is 16.0. The van der Waals surface area contributed by atoms with Crippen molar-refractivity contribution < 1.29 is 29.0 Å². The van der Waals surface area contributed by atoms with Crippen molar-refractivity contribution in [3.63, 3.8) is 0 Å². The molecule has 0 amide bonds. The van der Waals surface area contributed by atoms with Gasteiger partial charge in [-0.15, -0.1) is 0 Å². The highest BCUT2D eigenvalue weighted by Gasteiger charge is 2.67. The Morgan fingerprint density at radius 2 is 1.64 bits per heavy atom. The predicted octanol–water partition coefficient (Wildman–Crippen LogP) is 5.76. The number of aliphatic carboxylic acids is 1. The molecule has 6 rings (SSSR count). The SMILES string of the molecule is CC12CCC(C(=O)O)CC1C1=CC(=O)C3C(C)(CCC4C(C)(C)C(C(=O)OCCN5CCOCC5)CCC43C)C1CC2. The summed E-state index contributed by atoms with van der Waals surface area (Å²) in [5.41, 5.74) is 0.832. The maximum absolute atomic E-state index is 14.4. The fraction of sp³-hybridized carbons (Fsp3) is 0.857. The van der Waals surface area contributed by atoms with E-state index in [1.165, 1.54) is 5.57 Å². The van der Waals surface area contributed by atoms with E-state index in [-0.39, 0.29) is 63.0 Å². The van der Waals surface area contributed by atoms with Gasteiger partial charge >= 0.3 is 11.9 Å². The molecule has 0 aromatic heterocycles. The van der Waals surface area contributed by atoms with Crippen molar-refractivity contribution >= 4 is 17.7 Å². The molecule has 0 radical (unpaired) electrons. The summed E-state index contributed by atoms with van der Waals surface area (Å²) in [5.74, 6) is -0.199. The fourth-order valence-corrected chi connectivity index (χ4v) is 11.6. The fourth-order valence-electron chi connectivity index (χ4n) is 11.6. The van der Waals surface area contributed by atoms with Crippen LogP contribution in [0.4, 0.5) is 0 Å². The van der Waals surface area contributed by atoms with Crippen molar-refractivity contribution in [3.8, 4) is 0 Å². The van der Waals surface area contributed by atoms with Gasteiger partial charge in [-0.2, -0.15) is 0 Å². The van der Waals surface area contributed by atoms with Crippen molar-refractivity contribution in [1.29, 1.82) is 0 Å². The molecule has 5 fully saturated rings. The quantitative estimate of drug-likeness (QED) is 0.411. The summed E-state index contributed by atoms with van der Waals surface area (Å²) in [7, 11) is 0. The van der Waals surface area contributed by atoms with Crippen LogP contribution in [-0.2, 0) is 23.9 Å². The molecule has 5 aliphatic carbocycles. The average molecular weight is 584 g/mol. The van der Waals surface area contributed by atoms with E-state index in [2.05, 4.69) is 39.5 Å². The molecule has 1 aliphatic heterocycles. The highest BCUT2D eigenvalue weighted by atomic mass is 16.5. The maximum Gasteiger partial charge on any atom is 0.309 e. The second-order valence-electron chi connectivity index (χ2n) is 16.2. The Morgan fingerprint density at radius 3 is 2.36 bits per heavy atom. The number of carboxylic acids is 1. The summed E-state index contributed by atoms with van der Waals surface area (Å²) in [6.07, 6.45) is 10.2. The first kappa shape index (κ1) is 30.3. The van der Waals surface area contributed by atoms with Gasteiger partial charge in [0.25, 0.3) is 0 Å². The number of nitrogens with zero attached hydrogens (tertiary/aromatic N) is 1. The van der Waals surface area contributed by atoms with Gasteiger partial charge in [-0.3, -0.25) is 19.3 Å². The average Bonchev–Trinajstić information content (AvgIpc) is 2.92. The van der Waals surface area contributed by atoms with Crippen LogP contribution in [0.2, 0.25) is 0 Å². The first-order valence-corrected chi connectivity index (χ1v) is 16.8. The zero-order valence-corrected chi connectivity index (χ0v) is 26.6. The van der Waals surface area contributed by atoms with Crippen LogP contribution in [0.15, 0.2) is 11.6 Å². The van der Waals surface area contributed by atoms with Gasteiger partial charge in [0.1, 0.15) is 6.61 Å². The summed E-state index contributed by atoms with van der Waals surface area (Å²) >= 11 is 0. The lowest BCUT2D eigenvalue weighted by Crippen LogP contribution is -2.63. The first-order valence-electron chi connectivity index (χ1n) is 16.8. The lowest BCUT2D eigenvalue weighted by Gasteiger charge is -2.67. The van der Waals surface area contributed by atoms with Gasteiger partial charge in [-0.1, -0.05) is 40.2 Å². The Balaban J connectivity index is 1.22. The predicted molar refractivity (Wildman–Crippen MR) is 160 cm³/mol. The van der Waals surface area contributed by atoms with Crippen molar-refractivity contribution in [2.75, 3.05) is 39.5 Å². The Bertz CT molecular complexity index is 1140. The van der Waals surface area contributed by atoms with E-state index in [9.17, 15) is 19.5 Å². The standard InChI is InChI=1S/C35H53NO6/c1-32(2)25(31(40)42-19-16-36-14-17-41-18-15-36)8-12-35(5)28(32)9-13-34(4)24-7-11-33(3)10-6-22(30(38)39)20-26(33)23(24)21-27(37)29(34)35/h21-22,24-26,28-29H,6-20H2,1-5H3,(H,38,39). The van der Waals surface area contributed by atoms with Gasteiger partial charge in [0, 0.05) is 25.6 Å². The van der Waals surface area contributed by atoms with Crippen LogP contribution in [0.3, 0.4) is 0 Å². The van der Waals surface area contributed by atoms with Gasteiger partial charge in [0.15, 0.2) is 5.78 Å². The summed E-state index contributed by atoms with van der Waals surface area (Å²) in [6, 6.07) is 0. The van der Waals surface area contributed by atoms with E-state index in [0.29, 0.717) is 18.9 Å². The number of fused-ring (bicyclic) bond motifs is 7. The summed E-state index contributed by atoms with van der Waals surface area (Å²) in [5, 5.41) is 9.85. The highest BCUT2D eigenvalue weighted by Crippen LogP contribution is 2.71. The lowest BCUT2D eigenvalue weighted by molar-refractivity contribution is -0.188. The van der Waals surface area contributed by atoms with E-state index in [1.54, 1.807) is 0 Å². The second kappa shape index (κ2) is 10.7. The minimum atomic E-state index is -0.683. The molecule has 7 heteroatoms. The Morgan fingerprint density at radius 1 is 0.952 bits per heavy atom. The summed E-state index contributed by atoms with van der Waals surface area (Å²) < 4.78 is 11.3. The van der Waals surface area contributed by atoms with Crippen molar-refractivity contribution in [3.05, 3.63) is 11.6 Å². The molecule has 234 valence electrons. The molecule has 0 aromatic carbocycles. The van der Waals surface area contributed by atoms with Gasteiger partial charge < -0.3 is 14.6 Å². The molecule has 6 aliphatic rings. The number of hydrogen-bond acceptors (Lipinski definition) is 6. The number of ketones is 1. The Kier molecular flexibility index (Phi) is 7.73. The first-order chi connectivity index (χ1) is 19.8. The van der Waals surface area contributed by atoms with Crippen LogP contribution in [0.25, 0.3) is 0 Å². The molecule has 9 atom stereocenters. The van der Waals surface area contributed by atoms with Crippen LogP contribution in [0.1, 0.15) is 92.4 Å². The maximum atomic E-state index is 14.4. The molecule has 9 unspecified atom stereocenters. The van der Waals surface area contributed by atoms with E-state index >= 15 is 0 Å². The number of rotatable bonds is 5. The number of carbonyl (C=O) groups excluding carboxylic acids is 2. The molecule has 0 spiro atoms. The van der Waals surface area contributed by atoms with Gasteiger partial charge in [-0.25, -0.2) is 0 Å². The third-order valence-electron chi connectivity index (χ3n) is 13.9. The number of morpholine rings is 1. The Labute approximate surface area is 252 Å². The number of allylic oxidation sites excluding steroid dienone is 2. The highest BCUT2D eigenvalue weighted by molar-refractivity contribution is 5.95. The van der Waals surface area contributed by atoms with Gasteiger partial charge in [0.05, 0.1) is 25.0 Å². The van der Waals surface area contributed by atoms with Gasteiger partial charge in [0.2, 0.25) is 0 Å². The second-order valence-corrected chi connectivity index (χ2v) is 16.2. The smallest absolute Gasteiger partial charge is 0.309 e. The molecule has 1 N–H and O–H groups in total. The van der Waals surface area contributed by atoms with Crippen LogP contribution in [0, 0.1) is 57.2 Å². The van der Waals surface area contributed by atoms with Crippen LogP contribution >= 0.6 is 0 Å². The van der Waals surface area contributed by atoms with E-state index in [4.69, 9.17) is 9.47 Å². The molecular formula is C35H53NO6. The molecule has 4 saturated carbocycles. The molecule has 7 nitrogen and oxygen atoms in total. The van der Waals surface area contributed by atoms with Gasteiger partial charge in [-0.05, 0) is 103 Å². The molecule has 0 bridgehead atoms. The number of carboxylic acid groups (broad SMARTS) is 1. The van der Waals surface area contributed by atoms with E-state index in [1.807, 2.05) is 6.08 Å². The topological polar surface area (TPSA) is 93.1 Å². The normalized spacial score (nSPS) is 45.0. The van der Waals surface area contributed by atoms with Crippen molar-refractivity contribution in [2.45, 2.75) is 92.4 Å². The largest absolute Gasteiger partial charge is 0.481 e. The number of esters is 1. The number of hydrogen-bond donors (Lipinski definition) is 1. The van der Waals surface area contributed by atoms with Crippen LogP contribution < -0.4 is 0 Å². The minimum absolute atomic E-state index is 0.0571. The molecule has 0 aromatic rings. The third kappa shape index (κ3) is 4.71. The molecule has 1 heterocycles. The monoisotopic (exact) mass is 583 g/mol. The third-order valence-corrected chi connectivity index (χ3v) is 13.9.